The van der Waals surface area contributed by atoms with E-state index in [0.717, 1.165) is 4.90 Å². The second-order valence-corrected chi connectivity index (χ2v) is 4.21. The highest BCUT2D eigenvalue weighted by molar-refractivity contribution is 7.99. The maximum absolute atomic E-state index is 11.2. The number of H-pyrrole nitrogens is 1. The summed E-state index contributed by atoms with van der Waals surface area (Å²) in [7, 11) is 0. The highest BCUT2D eigenvalue weighted by Gasteiger charge is 2.01. The third kappa shape index (κ3) is 2.54. The first-order valence-corrected chi connectivity index (χ1v) is 5.35. The number of aromatic amines is 1. The predicted molar refractivity (Wildman–Crippen MR) is 64.2 cm³/mol. The number of nitrogens with two attached hydrogens (primary N) is 2. The van der Waals surface area contributed by atoms with E-state index >= 15 is 0 Å². The van der Waals surface area contributed by atoms with Gasteiger partial charge < -0.3 is 16.5 Å². The van der Waals surface area contributed by atoms with Gasteiger partial charge in [-0.3, -0.25) is 4.79 Å². The lowest BCUT2D eigenvalue weighted by molar-refractivity contribution is 0.945. The summed E-state index contributed by atoms with van der Waals surface area (Å²) in [5, 5.41) is 0.454. The van der Waals surface area contributed by atoms with E-state index in [2.05, 4.69) is 9.97 Å². The van der Waals surface area contributed by atoms with Gasteiger partial charge in [0.15, 0.2) is 5.16 Å². The number of nitrogens with one attached hydrogen (secondary N) is 1. The van der Waals surface area contributed by atoms with Gasteiger partial charge in [0.2, 0.25) is 0 Å². The third-order valence-electron chi connectivity index (χ3n) is 1.81. The molecule has 0 aliphatic carbocycles. The lowest BCUT2D eigenvalue weighted by atomic mass is 10.3. The van der Waals surface area contributed by atoms with E-state index < -0.39 is 0 Å². The lowest BCUT2D eigenvalue weighted by Gasteiger charge is -2.02. The van der Waals surface area contributed by atoms with Crippen molar-refractivity contribution in [3.8, 4) is 0 Å². The SMILES string of the molecule is Nc1cccc(Sc2nc(N)cc(=O)[nH]2)c1. The molecule has 6 heteroatoms. The average Bonchev–Trinajstić information content (AvgIpc) is 2.15. The topological polar surface area (TPSA) is 97.8 Å². The molecule has 82 valence electrons. The Morgan fingerprint density at radius 1 is 1.25 bits per heavy atom. The van der Waals surface area contributed by atoms with Gasteiger partial charge in [-0.15, -0.1) is 0 Å². The average molecular weight is 234 g/mol. The zero-order valence-electron chi connectivity index (χ0n) is 8.31. The Labute approximate surface area is 95.9 Å². The molecule has 0 bridgehead atoms. The number of nitrogens with zero attached hydrogens (tertiary/aromatic N) is 1. The van der Waals surface area contributed by atoms with Crippen LogP contribution >= 0.6 is 11.8 Å². The van der Waals surface area contributed by atoms with E-state index in [1.165, 1.54) is 17.8 Å². The molecule has 5 N–H and O–H groups in total. The highest BCUT2D eigenvalue weighted by atomic mass is 32.2. The van der Waals surface area contributed by atoms with Crippen molar-refractivity contribution in [1.82, 2.24) is 9.97 Å². The van der Waals surface area contributed by atoms with Crippen molar-refractivity contribution in [2.45, 2.75) is 10.1 Å². The van der Waals surface area contributed by atoms with Gasteiger partial charge in [0.1, 0.15) is 5.82 Å². The molecule has 0 radical (unpaired) electrons. The van der Waals surface area contributed by atoms with Gasteiger partial charge in [-0.1, -0.05) is 17.8 Å². The zero-order valence-corrected chi connectivity index (χ0v) is 9.12. The Bertz CT molecular complexity index is 567. The Morgan fingerprint density at radius 2 is 2.06 bits per heavy atom. The van der Waals surface area contributed by atoms with Crippen molar-refractivity contribution in [3.63, 3.8) is 0 Å². The van der Waals surface area contributed by atoms with E-state index in [0.29, 0.717) is 10.8 Å². The molecule has 0 spiro atoms. The van der Waals surface area contributed by atoms with Gasteiger partial charge in [-0.25, -0.2) is 4.98 Å². The Hall–Kier alpha value is -1.95. The molecule has 0 unspecified atom stereocenters. The van der Waals surface area contributed by atoms with Crippen LogP contribution in [0, 0.1) is 0 Å². The van der Waals surface area contributed by atoms with Gasteiger partial charge in [0.25, 0.3) is 5.56 Å². The van der Waals surface area contributed by atoms with Crippen LogP contribution in [0.5, 0.6) is 0 Å². The van der Waals surface area contributed by atoms with Crippen LogP contribution in [-0.4, -0.2) is 9.97 Å². The number of rotatable bonds is 2. The maximum Gasteiger partial charge on any atom is 0.253 e. The Balaban J connectivity index is 2.30. The van der Waals surface area contributed by atoms with Gasteiger partial charge >= 0.3 is 0 Å². The first-order chi connectivity index (χ1) is 7.63. The predicted octanol–water partition coefficient (Wildman–Crippen LogP) is 1.09. The molecule has 0 saturated carbocycles. The number of anilines is 2. The molecule has 0 atom stereocenters. The van der Waals surface area contributed by atoms with Crippen LogP contribution in [0.2, 0.25) is 0 Å². The standard InChI is InChI=1S/C10H10N4OS/c11-6-2-1-3-7(4-6)16-10-13-8(12)5-9(15)14-10/h1-5H,11H2,(H3,12,13,14,15). The Morgan fingerprint density at radius 3 is 2.75 bits per heavy atom. The summed E-state index contributed by atoms with van der Waals surface area (Å²) in [5.74, 6) is 0.204. The lowest BCUT2D eigenvalue weighted by Crippen LogP contribution is -2.09. The fourth-order valence-corrected chi connectivity index (χ4v) is 2.06. The van der Waals surface area contributed by atoms with Crippen LogP contribution in [0.25, 0.3) is 0 Å². The van der Waals surface area contributed by atoms with Crippen LogP contribution < -0.4 is 17.0 Å². The van der Waals surface area contributed by atoms with Crippen molar-refractivity contribution in [2.24, 2.45) is 0 Å². The minimum Gasteiger partial charge on any atom is -0.399 e. The van der Waals surface area contributed by atoms with Gasteiger partial charge in [-0.2, -0.15) is 0 Å². The molecule has 2 rings (SSSR count). The summed E-state index contributed by atoms with van der Waals surface area (Å²) in [6.45, 7) is 0. The molecule has 1 aromatic heterocycles. The summed E-state index contributed by atoms with van der Waals surface area (Å²) in [6, 6.07) is 8.54. The summed E-state index contributed by atoms with van der Waals surface area (Å²) < 4.78 is 0. The van der Waals surface area contributed by atoms with E-state index in [-0.39, 0.29) is 11.4 Å². The first-order valence-electron chi connectivity index (χ1n) is 4.54. The molecule has 0 fully saturated rings. The number of benzene rings is 1. The number of hydrogen-bond acceptors (Lipinski definition) is 5. The molecule has 0 saturated heterocycles. The van der Waals surface area contributed by atoms with Crippen molar-refractivity contribution in [1.29, 1.82) is 0 Å². The van der Waals surface area contributed by atoms with Crippen LogP contribution in [0.15, 0.2) is 45.2 Å². The molecular weight excluding hydrogens is 224 g/mol. The van der Waals surface area contributed by atoms with Gasteiger partial charge in [0, 0.05) is 16.6 Å². The van der Waals surface area contributed by atoms with E-state index in [1.54, 1.807) is 12.1 Å². The molecule has 1 aromatic carbocycles. The second-order valence-electron chi connectivity index (χ2n) is 3.15. The second kappa shape index (κ2) is 4.28. The quantitative estimate of drug-likeness (QED) is 0.533. The molecule has 0 aliphatic rings. The molecular formula is C10H10N4OS. The zero-order chi connectivity index (χ0) is 11.5. The van der Waals surface area contributed by atoms with Gasteiger partial charge in [0.05, 0.1) is 0 Å². The third-order valence-corrected chi connectivity index (χ3v) is 2.69. The number of hydrogen-bond donors (Lipinski definition) is 3. The van der Waals surface area contributed by atoms with Crippen molar-refractivity contribution >= 4 is 23.3 Å². The van der Waals surface area contributed by atoms with E-state index in [9.17, 15) is 4.79 Å². The van der Waals surface area contributed by atoms with Crippen molar-refractivity contribution in [3.05, 3.63) is 40.7 Å². The molecule has 16 heavy (non-hydrogen) atoms. The van der Waals surface area contributed by atoms with Crippen LogP contribution in [0.1, 0.15) is 0 Å². The molecule has 1 heterocycles. The smallest absolute Gasteiger partial charge is 0.253 e. The monoisotopic (exact) mass is 234 g/mol. The van der Waals surface area contributed by atoms with Crippen molar-refractivity contribution < 1.29 is 0 Å². The van der Waals surface area contributed by atoms with Crippen LogP contribution in [0.4, 0.5) is 11.5 Å². The number of nitrogen functional groups attached to an aromatic ring is 2. The maximum atomic E-state index is 11.2. The molecule has 2 aromatic rings. The normalized spacial score (nSPS) is 10.2. The molecule has 0 aliphatic heterocycles. The first kappa shape index (κ1) is 10.6. The fraction of sp³-hybridized carbons (Fsp3) is 0. The summed E-state index contributed by atoms with van der Waals surface area (Å²) in [4.78, 5) is 18.6. The van der Waals surface area contributed by atoms with E-state index in [1.807, 2.05) is 12.1 Å². The fourth-order valence-electron chi connectivity index (χ4n) is 1.19. The minimum absolute atomic E-state index is 0.204. The molecule has 5 nitrogen and oxygen atoms in total. The molecule has 0 amide bonds. The summed E-state index contributed by atoms with van der Waals surface area (Å²) in [6.07, 6.45) is 0. The summed E-state index contributed by atoms with van der Waals surface area (Å²) in [5.41, 5.74) is 11.5. The van der Waals surface area contributed by atoms with Crippen LogP contribution in [-0.2, 0) is 0 Å². The highest BCUT2D eigenvalue weighted by Crippen LogP contribution is 2.25. The Kier molecular flexibility index (Phi) is 2.82. The van der Waals surface area contributed by atoms with Crippen molar-refractivity contribution in [2.75, 3.05) is 11.5 Å². The van der Waals surface area contributed by atoms with Crippen LogP contribution in [0.3, 0.4) is 0 Å². The summed E-state index contributed by atoms with van der Waals surface area (Å²) >= 11 is 1.30. The minimum atomic E-state index is -0.265. The van der Waals surface area contributed by atoms with Gasteiger partial charge in [-0.05, 0) is 18.2 Å². The van der Waals surface area contributed by atoms with E-state index in [4.69, 9.17) is 11.5 Å². The largest absolute Gasteiger partial charge is 0.399 e. The number of aromatic nitrogens is 2.